The Bertz CT molecular complexity index is 849. The largest absolute Gasteiger partial charge is 0.474 e. The monoisotopic (exact) mass is 366 g/mol. The molecule has 6 heteroatoms. The van der Waals surface area contributed by atoms with E-state index in [2.05, 4.69) is 4.98 Å². The molecule has 1 aromatic carbocycles. The zero-order valence-corrected chi connectivity index (χ0v) is 15.1. The quantitative estimate of drug-likeness (QED) is 0.836. The van der Waals surface area contributed by atoms with Crippen LogP contribution in [-0.2, 0) is 22.7 Å². The van der Waals surface area contributed by atoms with Crippen LogP contribution in [0.3, 0.4) is 0 Å². The van der Waals surface area contributed by atoms with E-state index in [9.17, 15) is 4.79 Å². The number of aromatic nitrogens is 1. The van der Waals surface area contributed by atoms with E-state index in [0.717, 1.165) is 24.0 Å². The minimum absolute atomic E-state index is 0.0618. The molecule has 0 radical (unpaired) electrons. The lowest BCUT2D eigenvalue weighted by atomic mass is 9.84. The second kappa shape index (κ2) is 6.62. The number of nitrogens with zero attached hydrogens (tertiary/aromatic N) is 2. The van der Waals surface area contributed by atoms with Gasteiger partial charge in [0.25, 0.3) is 5.91 Å². The summed E-state index contributed by atoms with van der Waals surface area (Å²) in [5.41, 5.74) is 2.74. The van der Waals surface area contributed by atoms with Crippen molar-refractivity contribution in [1.29, 1.82) is 0 Å². The summed E-state index contributed by atoms with van der Waals surface area (Å²) < 4.78 is 17.5. The van der Waals surface area contributed by atoms with Crippen molar-refractivity contribution >= 4 is 5.91 Å². The molecule has 0 bridgehead atoms. The Hall–Kier alpha value is -2.44. The van der Waals surface area contributed by atoms with Crippen molar-refractivity contribution in [2.24, 2.45) is 0 Å². The molecule has 1 aromatic heterocycles. The number of ether oxygens (including phenoxy) is 3. The zero-order chi connectivity index (χ0) is 18.3. The molecule has 6 nitrogen and oxygen atoms in total. The van der Waals surface area contributed by atoms with E-state index in [1.807, 2.05) is 41.3 Å². The molecule has 2 fully saturated rings. The normalized spacial score (nSPS) is 23.0. The first kappa shape index (κ1) is 16.7. The van der Waals surface area contributed by atoms with Crippen molar-refractivity contribution in [2.45, 2.75) is 37.8 Å². The number of amides is 1. The maximum absolute atomic E-state index is 12.8. The summed E-state index contributed by atoms with van der Waals surface area (Å²) in [7, 11) is 0. The van der Waals surface area contributed by atoms with Gasteiger partial charge in [0.1, 0.15) is 11.7 Å². The van der Waals surface area contributed by atoms with Gasteiger partial charge in [-0.05, 0) is 29.3 Å². The van der Waals surface area contributed by atoms with E-state index in [-0.39, 0.29) is 17.6 Å². The lowest BCUT2D eigenvalue weighted by Gasteiger charge is -2.52. The molecule has 3 aliphatic rings. The van der Waals surface area contributed by atoms with Gasteiger partial charge in [-0.25, -0.2) is 4.98 Å². The number of pyridine rings is 1. The Kier molecular flexibility index (Phi) is 4.10. The van der Waals surface area contributed by atoms with Crippen molar-refractivity contribution in [2.75, 3.05) is 19.7 Å². The minimum Gasteiger partial charge on any atom is -0.474 e. The van der Waals surface area contributed by atoms with Crippen LogP contribution < -0.4 is 4.74 Å². The third-order valence-electron chi connectivity index (χ3n) is 5.59. The van der Waals surface area contributed by atoms with Crippen molar-refractivity contribution in [3.8, 4) is 5.88 Å². The van der Waals surface area contributed by atoms with Crippen LogP contribution in [0.1, 0.15) is 34.3 Å². The van der Waals surface area contributed by atoms with Crippen LogP contribution in [0.4, 0.5) is 0 Å². The summed E-state index contributed by atoms with van der Waals surface area (Å²) >= 11 is 0. The van der Waals surface area contributed by atoms with Gasteiger partial charge in [-0.3, -0.25) is 4.79 Å². The molecule has 0 aliphatic carbocycles. The summed E-state index contributed by atoms with van der Waals surface area (Å²) in [5.74, 6) is 0.707. The zero-order valence-electron chi connectivity index (χ0n) is 15.1. The predicted molar refractivity (Wildman–Crippen MR) is 97.4 cm³/mol. The van der Waals surface area contributed by atoms with Gasteiger partial charge in [-0.15, -0.1) is 0 Å². The average molecular weight is 366 g/mol. The van der Waals surface area contributed by atoms with Crippen LogP contribution >= 0.6 is 0 Å². The summed E-state index contributed by atoms with van der Waals surface area (Å²) in [5, 5.41) is 0. The van der Waals surface area contributed by atoms with Crippen molar-refractivity contribution in [3.05, 3.63) is 59.3 Å². The lowest BCUT2D eigenvalue weighted by Crippen LogP contribution is -2.67. The minimum atomic E-state index is -0.285. The molecule has 3 aliphatic heterocycles. The van der Waals surface area contributed by atoms with Gasteiger partial charge in [0.2, 0.25) is 5.88 Å². The molecule has 0 unspecified atom stereocenters. The van der Waals surface area contributed by atoms with Gasteiger partial charge in [0.05, 0.1) is 32.9 Å². The Labute approximate surface area is 158 Å². The number of rotatable bonds is 3. The fraction of sp³-hybridized carbons (Fsp3) is 0.429. The molecule has 0 N–H and O–H groups in total. The summed E-state index contributed by atoms with van der Waals surface area (Å²) in [6.45, 7) is 3.11. The SMILES string of the molecule is O=C(c1ccc2c(c1)COC2)N1CC2(C[C@@H](Oc3ccccn3)CCO2)C1. The standard InChI is InChI=1S/C21H22N2O4/c24-20(15-4-5-16-11-25-12-17(16)9-15)23-13-21(14-23)10-18(6-8-26-21)27-19-3-1-2-7-22-19/h1-5,7,9,18H,6,8,10-14H2/t18-/m0/s1. The molecule has 1 spiro atoms. The molecule has 2 aromatic rings. The van der Waals surface area contributed by atoms with Crippen LogP contribution in [0.15, 0.2) is 42.6 Å². The van der Waals surface area contributed by atoms with Crippen LogP contribution in [0.25, 0.3) is 0 Å². The highest BCUT2D eigenvalue weighted by Gasteiger charge is 2.50. The molecule has 5 rings (SSSR count). The Morgan fingerprint density at radius 2 is 2.07 bits per heavy atom. The number of hydrogen-bond donors (Lipinski definition) is 0. The van der Waals surface area contributed by atoms with Gasteiger partial charge in [-0.1, -0.05) is 12.1 Å². The second-order valence-corrected chi connectivity index (χ2v) is 7.57. The van der Waals surface area contributed by atoms with Crippen molar-refractivity contribution in [1.82, 2.24) is 9.88 Å². The molecular formula is C21H22N2O4. The third kappa shape index (κ3) is 3.19. The number of likely N-dealkylation sites (tertiary alicyclic amines) is 1. The molecule has 1 amide bonds. The third-order valence-corrected chi connectivity index (χ3v) is 5.59. The number of fused-ring (bicyclic) bond motifs is 1. The average Bonchev–Trinajstić information content (AvgIpc) is 3.14. The maximum atomic E-state index is 12.8. The van der Waals surface area contributed by atoms with E-state index < -0.39 is 0 Å². The predicted octanol–water partition coefficient (Wildman–Crippen LogP) is 2.56. The molecular weight excluding hydrogens is 344 g/mol. The van der Waals surface area contributed by atoms with Crippen molar-refractivity contribution < 1.29 is 19.0 Å². The number of benzene rings is 1. The first-order valence-electron chi connectivity index (χ1n) is 9.41. The first-order valence-corrected chi connectivity index (χ1v) is 9.41. The highest BCUT2D eigenvalue weighted by Crippen LogP contribution is 2.36. The number of carbonyl (C=O) groups excluding carboxylic acids is 1. The van der Waals surface area contributed by atoms with Crippen LogP contribution in [0.2, 0.25) is 0 Å². The van der Waals surface area contributed by atoms with Gasteiger partial charge in [0, 0.05) is 30.7 Å². The maximum Gasteiger partial charge on any atom is 0.254 e. The first-order chi connectivity index (χ1) is 13.2. The molecule has 1 atom stereocenters. The fourth-order valence-electron chi connectivity index (χ4n) is 4.17. The molecule has 0 saturated carbocycles. The van der Waals surface area contributed by atoms with Crippen LogP contribution in [0, 0.1) is 0 Å². The molecule has 140 valence electrons. The van der Waals surface area contributed by atoms with Crippen molar-refractivity contribution in [3.63, 3.8) is 0 Å². The summed E-state index contributed by atoms with van der Waals surface area (Å²) in [4.78, 5) is 18.9. The van der Waals surface area contributed by atoms with Gasteiger partial charge in [-0.2, -0.15) is 0 Å². The van der Waals surface area contributed by atoms with E-state index in [1.54, 1.807) is 6.20 Å². The van der Waals surface area contributed by atoms with E-state index in [1.165, 1.54) is 5.56 Å². The fourth-order valence-corrected chi connectivity index (χ4v) is 4.17. The summed E-state index contributed by atoms with van der Waals surface area (Å²) in [6, 6.07) is 11.5. The smallest absolute Gasteiger partial charge is 0.254 e. The molecule has 27 heavy (non-hydrogen) atoms. The number of carbonyl (C=O) groups is 1. The lowest BCUT2D eigenvalue weighted by molar-refractivity contribution is -0.174. The van der Waals surface area contributed by atoms with Crippen LogP contribution in [-0.4, -0.2) is 47.2 Å². The van der Waals surface area contributed by atoms with Gasteiger partial charge in [0.15, 0.2) is 0 Å². The van der Waals surface area contributed by atoms with E-state index >= 15 is 0 Å². The van der Waals surface area contributed by atoms with Crippen LogP contribution in [0.5, 0.6) is 5.88 Å². The number of hydrogen-bond acceptors (Lipinski definition) is 5. The summed E-state index contributed by atoms with van der Waals surface area (Å²) in [6.07, 6.45) is 3.43. The molecule has 4 heterocycles. The highest BCUT2D eigenvalue weighted by molar-refractivity contribution is 5.95. The van der Waals surface area contributed by atoms with E-state index in [0.29, 0.717) is 38.8 Å². The second-order valence-electron chi connectivity index (χ2n) is 7.57. The van der Waals surface area contributed by atoms with Gasteiger partial charge < -0.3 is 19.1 Å². The van der Waals surface area contributed by atoms with Gasteiger partial charge >= 0.3 is 0 Å². The Morgan fingerprint density at radius 1 is 1.19 bits per heavy atom. The Balaban J connectivity index is 1.22. The topological polar surface area (TPSA) is 60.9 Å². The highest BCUT2D eigenvalue weighted by atomic mass is 16.5. The Morgan fingerprint density at radius 3 is 2.93 bits per heavy atom. The molecule has 2 saturated heterocycles. The van der Waals surface area contributed by atoms with E-state index in [4.69, 9.17) is 14.2 Å².